The maximum atomic E-state index is 5.63. The van der Waals surface area contributed by atoms with Crippen molar-refractivity contribution in [2.75, 3.05) is 14.2 Å². The molecular formula is C13H16N2O2. The van der Waals surface area contributed by atoms with Gasteiger partial charge in [-0.05, 0) is 24.6 Å². The van der Waals surface area contributed by atoms with E-state index < -0.39 is 0 Å². The van der Waals surface area contributed by atoms with Gasteiger partial charge in [-0.3, -0.25) is 0 Å². The number of methoxy groups -OCH3 is 2. The SMILES string of the molecule is COc1cc(OC)c2nc(CN)cc(C)c2c1. The molecule has 0 fully saturated rings. The molecule has 0 saturated carbocycles. The highest BCUT2D eigenvalue weighted by atomic mass is 16.5. The van der Waals surface area contributed by atoms with Gasteiger partial charge in [-0.15, -0.1) is 0 Å². The molecule has 4 nitrogen and oxygen atoms in total. The van der Waals surface area contributed by atoms with Crippen LogP contribution in [-0.2, 0) is 6.54 Å². The lowest BCUT2D eigenvalue weighted by molar-refractivity contribution is 0.397. The zero-order valence-corrected chi connectivity index (χ0v) is 10.3. The van der Waals surface area contributed by atoms with Crippen molar-refractivity contribution in [3.05, 3.63) is 29.5 Å². The number of benzene rings is 1. The predicted octanol–water partition coefficient (Wildman–Crippen LogP) is 2.02. The summed E-state index contributed by atoms with van der Waals surface area (Å²) in [6, 6.07) is 5.77. The van der Waals surface area contributed by atoms with Crippen LogP contribution in [0.3, 0.4) is 0 Å². The average molecular weight is 232 g/mol. The molecule has 4 heteroatoms. The Labute approximate surface area is 100 Å². The molecule has 1 aromatic carbocycles. The van der Waals surface area contributed by atoms with Crippen LogP contribution < -0.4 is 15.2 Å². The van der Waals surface area contributed by atoms with E-state index in [-0.39, 0.29) is 0 Å². The number of hydrogen-bond donors (Lipinski definition) is 1. The zero-order valence-electron chi connectivity index (χ0n) is 10.3. The fourth-order valence-electron chi connectivity index (χ4n) is 1.88. The van der Waals surface area contributed by atoms with Gasteiger partial charge in [0.2, 0.25) is 0 Å². The Bertz CT molecular complexity index is 553. The van der Waals surface area contributed by atoms with E-state index in [2.05, 4.69) is 4.98 Å². The first kappa shape index (κ1) is 11.7. The molecule has 0 aliphatic heterocycles. The lowest BCUT2D eigenvalue weighted by atomic mass is 10.1. The summed E-state index contributed by atoms with van der Waals surface area (Å²) in [6.07, 6.45) is 0. The van der Waals surface area contributed by atoms with Gasteiger partial charge in [0, 0.05) is 18.0 Å². The maximum absolute atomic E-state index is 5.63. The summed E-state index contributed by atoms with van der Waals surface area (Å²) >= 11 is 0. The van der Waals surface area contributed by atoms with Crippen LogP contribution >= 0.6 is 0 Å². The number of aromatic nitrogens is 1. The van der Waals surface area contributed by atoms with Crippen LogP contribution in [0.25, 0.3) is 10.9 Å². The van der Waals surface area contributed by atoms with Gasteiger partial charge in [0.15, 0.2) is 0 Å². The number of rotatable bonds is 3. The van der Waals surface area contributed by atoms with Crippen LogP contribution in [0.4, 0.5) is 0 Å². The third-order valence-electron chi connectivity index (χ3n) is 2.78. The van der Waals surface area contributed by atoms with Crippen molar-refractivity contribution in [3.8, 4) is 11.5 Å². The quantitative estimate of drug-likeness (QED) is 0.879. The molecule has 1 heterocycles. The lowest BCUT2D eigenvalue weighted by Crippen LogP contribution is -2.01. The van der Waals surface area contributed by atoms with E-state index in [9.17, 15) is 0 Å². The van der Waals surface area contributed by atoms with Crippen molar-refractivity contribution in [3.63, 3.8) is 0 Å². The Balaban J connectivity index is 2.79. The van der Waals surface area contributed by atoms with Crippen molar-refractivity contribution < 1.29 is 9.47 Å². The summed E-state index contributed by atoms with van der Waals surface area (Å²) in [4.78, 5) is 4.50. The molecule has 0 unspecified atom stereocenters. The van der Waals surface area contributed by atoms with Crippen LogP contribution in [0, 0.1) is 6.92 Å². The fourth-order valence-corrected chi connectivity index (χ4v) is 1.88. The largest absolute Gasteiger partial charge is 0.497 e. The summed E-state index contributed by atoms with van der Waals surface area (Å²) in [6.45, 7) is 2.45. The van der Waals surface area contributed by atoms with Gasteiger partial charge in [0.05, 0.1) is 19.9 Å². The molecule has 0 bridgehead atoms. The summed E-state index contributed by atoms with van der Waals surface area (Å²) < 4.78 is 10.6. The van der Waals surface area contributed by atoms with Crippen molar-refractivity contribution in [1.29, 1.82) is 0 Å². The third-order valence-corrected chi connectivity index (χ3v) is 2.78. The van der Waals surface area contributed by atoms with Crippen LogP contribution in [0.2, 0.25) is 0 Å². The summed E-state index contributed by atoms with van der Waals surface area (Å²) in [5.74, 6) is 1.47. The fraction of sp³-hybridized carbons (Fsp3) is 0.308. The Morgan fingerprint density at radius 1 is 1.18 bits per heavy atom. The van der Waals surface area contributed by atoms with Crippen LogP contribution in [0.5, 0.6) is 11.5 Å². The second-order valence-corrected chi connectivity index (χ2v) is 3.86. The predicted molar refractivity (Wildman–Crippen MR) is 67.5 cm³/mol. The number of hydrogen-bond acceptors (Lipinski definition) is 4. The highest BCUT2D eigenvalue weighted by molar-refractivity contribution is 5.89. The Kier molecular flexibility index (Phi) is 3.15. The van der Waals surface area contributed by atoms with Gasteiger partial charge >= 0.3 is 0 Å². The summed E-state index contributed by atoms with van der Waals surface area (Å²) in [7, 11) is 3.26. The van der Waals surface area contributed by atoms with Gasteiger partial charge < -0.3 is 15.2 Å². The van der Waals surface area contributed by atoms with Gasteiger partial charge in [-0.2, -0.15) is 0 Å². The van der Waals surface area contributed by atoms with Crippen LogP contribution in [0.1, 0.15) is 11.3 Å². The normalized spacial score (nSPS) is 10.6. The highest BCUT2D eigenvalue weighted by Gasteiger charge is 2.10. The van der Waals surface area contributed by atoms with E-state index in [4.69, 9.17) is 15.2 Å². The summed E-state index contributed by atoms with van der Waals surface area (Å²) in [5, 5.41) is 1.03. The number of ether oxygens (including phenoxy) is 2. The van der Waals surface area contributed by atoms with Gasteiger partial charge in [-0.25, -0.2) is 4.98 Å². The monoisotopic (exact) mass is 232 g/mol. The number of nitrogens with two attached hydrogens (primary N) is 1. The molecule has 0 saturated heterocycles. The first-order chi connectivity index (χ1) is 8.19. The topological polar surface area (TPSA) is 57.4 Å². The van der Waals surface area contributed by atoms with Crippen molar-refractivity contribution in [2.24, 2.45) is 5.73 Å². The van der Waals surface area contributed by atoms with Crippen LogP contribution in [0.15, 0.2) is 18.2 Å². The smallest absolute Gasteiger partial charge is 0.148 e. The lowest BCUT2D eigenvalue weighted by Gasteiger charge is -2.11. The van der Waals surface area contributed by atoms with E-state index in [0.29, 0.717) is 12.3 Å². The molecule has 0 atom stereocenters. The molecule has 0 spiro atoms. The number of nitrogens with zero attached hydrogens (tertiary/aromatic N) is 1. The van der Waals surface area contributed by atoms with Crippen molar-refractivity contribution in [1.82, 2.24) is 4.98 Å². The zero-order chi connectivity index (χ0) is 12.4. The Morgan fingerprint density at radius 2 is 1.94 bits per heavy atom. The molecule has 2 rings (SSSR count). The first-order valence-corrected chi connectivity index (χ1v) is 5.42. The second-order valence-electron chi connectivity index (χ2n) is 3.86. The molecule has 0 amide bonds. The minimum atomic E-state index is 0.423. The number of pyridine rings is 1. The molecule has 17 heavy (non-hydrogen) atoms. The maximum Gasteiger partial charge on any atom is 0.148 e. The molecule has 2 aromatic rings. The Morgan fingerprint density at radius 3 is 2.53 bits per heavy atom. The standard InChI is InChI=1S/C13H16N2O2/c1-8-4-9(7-14)15-13-11(8)5-10(16-2)6-12(13)17-3/h4-6H,7,14H2,1-3H3. The first-order valence-electron chi connectivity index (χ1n) is 5.42. The molecule has 90 valence electrons. The van der Waals surface area contributed by atoms with E-state index in [0.717, 1.165) is 27.9 Å². The minimum Gasteiger partial charge on any atom is -0.497 e. The molecule has 0 aliphatic carbocycles. The molecule has 2 N–H and O–H groups in total. The van der Waals surface area contributed by atoms with E-state index in [1.165, 1.54) is 0 Å². The third kappa shape index (κ3) is 2.03. The van der Waals surface area contributed by atoms with E-state index >= 15 is 0 Å². The van der Waals surface area contributed by atoms with Gasteiger partial charge in [-0.1, -0.05) is 0 Å². The minimum absolute atomic E-state index is 0.423. The molecule has 0 aliphatic rings. The average Bonchev–Trinajstić information content (AvgIpc) is 2.37. The summed E-state index contributed by atoms with van der Waals surface area (Å²) in [5.41, 5.74) is 8.43. The van der Waals surface area contributed by atoms with E-state index in [1.54, 1.807) is 14.2 Å². The van der Waals surface area contributed by atoms with Crippen molar-refractivity contribution >= 4 is 10.9 Å². The second kappa shape index (κ2) is 4.59. The highest BCUT2D eigenvalue weighted by Crippen LogP contribution is 2.31. The van der Waals surface area contributed by atoms with E-state index in [1.807, 2.05) is 25.1 Å². The Hall–Kier alpha value is -1.81. The molecular weight excluding hydrogens is 216 g/mol. The number of fused-ring (bicyclic) bond motifs is 1. The molecule has 0 radical (unpaired) electrons. The molecule has 1 aromatic heterocycles. The van der Waals surface area contributed by atoms with Crippen molar-refractivity contribution in [2.45, 2.75) is 13.5 Å². The number of aryl methyl sites for hydroxylation is 1. The van der Waals surface area contributed by atoms with Gasteiger partial charge in [0.25, 0.3) is 0 Å². The van der Waals surface area contributed by atoms with Crippen LogP contribution in [-0.4, -0.2) is 19.2 Å². The van der Waals surface area contributed by atoms with Gasteiger partial charge in [0.1, 0.15) is 17.0 Å².